The van der Waals surface area contributed by atoms with Crippen molar-refractivity contribution in [2.75, 3.05) is 43.0 Å². The number of nitrogens with one attached hydrogen (secondary N) is 1. The number of hydrogen-bond donors (Lipinski definition) is 1. The summed E-state index contributed by atoms with van der Waals surface area (Å²) in [5.41, 5.74) is 3.45. The highest BCUT2D eigenvalue weighted by atomic mass is 32.2. The van der Waals surface area contributed by atoms with Gasteiger partial charge in [-0.3, -0.25) is 4.98 Å². The average Bonchev–Trinajstić information content (AvgIpc) is 2.81. The number of nitrogens with zero attached hydrogens (tertiary/aromatic N) is 5. The van der Waals surface area contributed by atoms with Crippen molar-refractivity contribution >= 4 is 21.5 Å². The van der Waals surface area contributed by atoms with Gasteiger partial charge in [-0.2, -0.15) is 0 Å². The molecule has 0 radical (unpaired) electrons. The lowest BCUT2D eigenvalue weighted by molar-refractivity contribution is 0.586. The largest absolute Gasteiger partial charge is 0.367 e. The lowest BCUT2D eigenvalue weighted by Gasteiger charge is -2.38. The number of pyridine rings is 1. The van der Waals surface area contributed by atoms with E-state index in [0.717, 1.165) is 41.5 Å². The van der Waals surface area contributed by atoms with Crippen molar-refractivity contribution in [2.24, 2.45) is 0 Å². The van der Waals surface area contributed by atoms with Crippen LogP contribution in [0.3, 0.4) is 0 Å². The fourth-order valence-corrected chi connectivity index (χ4v) is 4.70. The number of hydrogen-bond acceptors (Lipinski definition) is 7. The Balaban J connectivity index is 1.59. The van der Waals surface area contributed by atoms with Crippen LogP contribution in [-0.4, -0.2) is 56.6 Å². The Hall–Kier alpha value is -3.04. The second-order valence-corrected chi connectivity index (χ2v) is 9.30. The van der Waals surface area contributed by atoms with E-state index in [1.54, 1.807) is 18.3 Å². The van der Waals surface area contributed by atoms with E-state index in [4.69, 9.17) is 4.98 Å². The molecule has 0 atom stereocenters. The number of piperazine rings is 1. The van der Waals surface area contributed by atoms with Crippen LogP contribution in [-0.2, 0) is 10.0 Å². The third-order valence-corrected chi connectivity index (χ3v) is 7.06. The Morgan fingerprint density at radius 2 is 1.58 bits per heavy atom. The van der Waals surface area contributed by atoms with E-state index in [9.17, 15) is 8.42 Å². The molecule has 0 amide bonds. The number of anilines is 2. The standard InChI is InChI=1S/C22H26N6O2S/c1-16-17(2)25-21(18-8-6-7-11-24-18)26-22(16)28-14-12-27(13-15-28)19-9-4-5-10-20(19)31(29,30)23-3/h4-11,23H,12-15H2,1-3H3. The highest BCUT2D eigenvalue weighted by Gasteiger charge is 2.25. The second-order valence-electron chi connectivity index (χ2n) is 7.45. The van der Waals surface area contributed by atoms with Crippen molar-refractivity contribution in [3.8, 4) is 11.5 Å². The Morgan fingerprint density at radius 1 is 0.903 bits per heavy atom. The van der Waals surface area contributed by atoms with Gasteiger partial charge in [-0.1, -0.05) is 18.2 Å². The molecule has 1 aromatic carbocycles. The fourth-order valence-electron chi connectivity index (χ4n) is 3.75. The van der Waals surface area contributed by atoms with Crippen molar-refractivity contribution in [1.29, 1.82) is 0 Å². The van der Waals surface area contributed by atoms with Crippen LogP contribution in [0.15, 0.2) is 53.6 Å². The van der Waals surface area contributed by atoms with Crippen molar-refractivity contribution < 1.29 is 8.42 Å². The number of sulfonamides is 1. The first-order valence-electron chi connectivity index (χ1n) is 10.2. The Bertz CT molecular complexity index is 1180. The maximum absolute atomic E-state index is 12.4. The molecule has 0 bridgehead atoms. The maximum Gasteiger partial charge on any atom is 0.242 e. The van der Waals surface area contributed by atoms with E-state index in [-0.39, 0.29) is 0 Å². The third-order valence-electron chi connectivity index (χ3n) is 5.60. The molecule has 1 aliphatic rings. The van der Waals surface area contributed by atoms with Crippen molar-refractivity contribution in [3.63, 3.8) is 0 Å². The van der Waals surface area contributed by atoms with E-state index < -0.39 is 10.0 Å². The van der Waals surface area contributed by atoms with Gasteiger partial charge in [0.2, 0.25) is 10.0 Å². The smallest absolute Gasteiger partial charge is 0.242 e. The van der Waals surface area contributed by atoms with E-state index >= 15 is 0 Å². The Labute approximate surface area is 183 Å². The van der Waals surface area contributed by atoms with Crippen molar-refractivity contribution in [3.05, 3.63) is 59.9 Å². The summed E-state index contributed by atoms with van der Waals surface area (Å²) in [6.07, 6.45) is 1.74. The zero-order valence-corrected chi connectivity index (χ0v) is 18.7. The van der Waals surface area contributed by atoms with Crippen LogP contribution in [0, 0.1) is 13.8 Å². The minimum atomic E-state index is -3.53. The molecule has 3 heterocycles. The van der Waals surface area contributed by atoms with Gasteiger partial charge in [0.25, 0.3) is 0 Å². The van der Waals surface area contributed by atoms with Gasteiger partial charge in [-0.05, 0) is 45.2 Å². The minimum absolute atomic E-state index is 0.303. The molecule has 0 aliphatic carbocycles. The Morgan fingerprint density at radius 3 is 2.26 bits per heavy atom. The van der Waals surface area contributed by atoms with Gasteiger partial charge in [0.15, 0.2) is 5.82 Å². The first kappa shape index (κ1) is 21.2. The van der Waals surface area contributed by atoms with Gasteiger partial charge in [0.05, 0.1) is 5.69 Å². The molecule has 1 aliphatic heterocycles. The number of para-hydroxylation sites is 1. The summed E-state index contributed by atoms with van der Waals surface area (Å²) in [5.74, 6) is 1.52. The highest BCUT2D eigenvalue weighted by Crippen LogP contribution is 2.28. The molecule has 3 aromatic rings. The molecule has 2 aromatic heterocycles. The predicted octanol–water partition coefficient (Wildman–Crippen LogP) is 2.39. The second kappa shape index (κ2) is 8.60. The van der Waals surface area contributed by atoms with Crippen LogP contribution in [0.4, 0.5) is 11.5 Å². The molecule has 9 heteroatoms. The van der Waals surface area contributed by atoms with Crippen molar-refractivity contribution in [1.82, 2.24) is 19.7 Å². The molecular weight excluding hydrogens is 412 g/mol. The fraction of sp³-hybridized carbons (Fsp3) is 0.318. The topological polar surface area (TPSA) is 91.3 Å². The van der Waals surface area contributed by atoms with Gasteiger partial charge in [0, 0.05) is 43.6 Å². The van der Waals surface area contributed by atoms with Crippen LogP contribution in [0.5, 0.6) is 0 Å². The van der Waals surface area contributed by atoms with Crippen LogP contribution in [0.1, 0.15) is 11.3 Å². The first-order valence-corrected chi connectivity index (χ1v) is 11.7. The quantitative estimate of drug-likeness (QED) is 0.654. The molecule has 1 saturated heterocycles. The molecule has 8 nitrogen and oxygen atoms in total. The number of aromatic nitrogens is 3. The summed E-state index contributed by atoms with van der Waals surface area (Å²) < 4.78 is 27.3. The summed E-state index contributed by atoms with van der Waals surface area (Å²) in [4.78, 5) is 18.5. The molecule has 0 spiro atoms. The van der Waals surface area contributed by atoms with Gasteiger partial charge < -0.3 is 9.80 Å². The third kappa shape index (κ3) is 4.24. The zero-order valence-electron chi connectivity index (χ0n) is 17.9. The van der Waals surface area contributed by atoms with Crippen LogP contribution >= 0.6 is 0 Å². The molecular formula is C22H26N6O2S. The molecule has 1 fully saturated rings. The number of aryl methyl sites for hydroxylation is 1. The minimum Gasteiger partial charge on any atom is -0.367 e. The highest BCUT2D eigenvalue weighted by molar-refractivity contribution is 7.89. The lowest BCUT2D eigenvalue weighted by atomic mass is 10.2. The molecule has 0 saturated carbocycles. The van der Waals surface area contributed by atoms with Crippen LogP contribution in [0.2, 0.25) is 0 Å². The zero-order chi connectivity index (χ0) is 22.0. The summed E-state index contributed by atoms with van der Waals surface area (Å²) in [6.45, 7) is 6.87. The molecule has 1 N–H and O–H groups in total. The number of rotatable bonds is 5. The van der Waals surface area contributed by atoms with E-state index in [1.165, 1.54) is 7.05 Å². The van der Waals surface area contributed by atoms with E-state index in [1.807, 2.05) is 44.2 Å². The normalized spacial score (nSPS) is 14.7. The Kier molecular flexibility index (Phi) is 5.88. The van der Waals surface area contributed by atoms with Crippen LogP contribution < -0.4 is 14.5 Å². The summed E-state index contributed by atoms with van der Waals surface area (Å²) in [6, 6.07) is 12.8. The first-order chi connectivity index (χ1) is 14.9. The summed E-state index contributed by atoms with van der Waals surface area (Å²) >= 11 is 0. The van der Waals surface area contributed by atoms with Crippen LogP contribution in [0.25, 0.3) is 11.5 Å². The average molecular weight is 439 g/mol. The van der Waals surface area contributed by atoms with E-state index in [0.29, 0.717) is 23.8 Å². The molecule has 162 valence electrons. The molecule has 4 rings (SSSR count). The van der Waals surface area contributed by atoms with Gasteiger partial charge in [-0.25, -0.2) is 23.1 Å². The SMILES string of the molecule is CNS(=O)(=O)c1ccccc1N1CCN(c2nc(-c3ccccn3)nc(C)c2C)CC1. The monoisotopic (exact) mass is 438 g/mol. The molecule has 31 heavy (non-hydrogen) atoms. The van der Waals surface area contributed by atoms with Gasteiger partial charge >= 0.3 is 0 Å². The van der Waals surface area contributed by atoms with E-state index in [2.05, 4.69) is 24.5 Å². The number of benzene rings is 1. The van der Waals surface area contributed by atoms with Gasteiger partial charge in [0.1, 0.15) is 16.4 Å². The van der Waals surface area contributed by atoms with Gasteiger partial charge in [-0.15, -0.1) is 0 Å². The van der Waals surface area contributed by atoms with Crippen molar-refractivity contribution in [2.45, 2.75) is 18.7 Å². The summed E-state index contributed by atoms with van der Waals surface area (Å²) in [7, 11) is -2.09. The lowest BCUT2D eigenvalue weighted by Crippen LogP contribution is -2.47. The maximum atomic E-state index is 12.4. The molecule has 0 unspecified atom stereocenters. The predicted molar refractivity (Wildman–Crippen MR) is 122 cm³/mol. The summed E-state index contributed by atoms with van der Waals surface area (Å²) in [5, 5.41) is 0.